The smallest absolute Gasteiger partial charge is 0.323 e. The molecule has 5 heteroatoms. The minimum Gasteiger partial charge on any atom is -0.480 e. The first-order valence-electron chi connectivity index (χ1n) is 6.26. The van der Waals surface area contributed by atoms with Crippen LogP contribution in [-0.2, 0) is 4.79 Å². The van der Waals surface area contributed by atoms with Crippen molar-refractivity contribution in [1.82, 2.24) is 9.80 Å². The van der Waals surface area contributed by atoms with E-state index >= 15 is 0 Å². The predicted octanol–water partition coefficient (Wildman–Crippen LogP) is 1.78. The predicted molar refractivity (Wildman–Crippen MR) is 64.9 cm³/mol. The Balaban J connectivity index is 2.70. The maximum absolute atomic E-state index is 12.3. The molecule has 0 aromatic rings. The highest BCUT2D eigenvalue weighted by Crippen LogP contribution is 2.28. The minimum atomic E-state index is -0.939. The minimum absolute atomic E-state index is 0.109. The fourth-order valence-electron chi connectivity index (χ4n) is 1.87. The summed E-state index contributed by atoms with van der Waals surface area (Å²) >= 11 is 0. The topological polar surface area (TPSA) is 60.9 Å². The Hall–Kier alpha value is -1.26. The molecule has 0 atom stereocenters. The average molecular weight is 242 g/mol. The molecule has 1 aliphatic rings. The van der Waals surface area contributed by atoms with E-state index in [9.17, 15) is 9.59 Å². The molecule has 0 saturated heterocycles. The van der Waals surface area contributed by atoms with E-state index in [4.69, 9.17) is 5.11 Å². The number of carbonyl (C=O) groups is 2. The van der Waals surface area contributed by atoms with Gasteiger partial charge in [-0.15, -0.1) is 0 Å². The second-order valence-electron chi connectivity index (χ2n) is 4.82. The molecule has 0 aromatic heterocycles. The molecule has 1 rings (SSSR count). The fraction of sp³-hybridized carbons (Fsp3) is 0.833. The third kappa shape index (κ3) is 3.91. The molecule has 5 nitrogen and oxygen atoms in total. The number of carboxylic acid groups (broad SMARTS) is 1. The highest BCUT2D eigenvalue weighted by Gasteiger charge is 2.36. The van der Waals surface area contributed by atoms with Gasteiger partial charge in [0.25, 0.3) is 0 Å². The van der Waals surface area contributed by atoms with Crippen LogP contribution in [0.4, 0.5) is 4.79 Å². The SMILES string of the molecule is CCCN(C(=O)N(CC(=O)O)C1CC1)C(C)C. The lowest BCUT2D eigenvalue weighted by molar-refractivity contribution is -0.137. The summed E-state index contributed by atoms with van der Waals surface area (Å²) in [5, 5.41) is 8.85. The van der Waals surface area contributed by atoms with E-state index in [1.165, 1.54) is 4.90 Å². The molecular formula is C12H22N2O3. The molecule has 0 bridgehead atoms. The fourth-order valence-corrected chi connectivity index (χ4v) is 1.87. The van der Waals surface area contributed by atoms with E-state index in [1.807, 2.05) is 20.8 Å². The van der Waals surface area contributed by atoms with E-state index < -0.39 is 5.97 Å². The quantitative estimate of drug-likeness (QED) is 0.772. The van der Waals surface area contributed by atoms with E-state index in [0.29, 0.717) is 6.54 Å². The van der Waals surface area contributed by atoms with Crippen molar-refractivity contribution in [2.45, 2.75) is 52.1 Å². The number of aliphatic carboxylic acids is 1. The zero-order valence-corrected chi connectivity index (χ0v) is 10.8. The summed E-state index contributed by atoms with van der Waals surface area (Å²) in [6, 6.07) is 0.112. The van der Waals surface area contributed by atoms with E-state index in [2.05, 4.69) is 0 Å². The molecule has 0 unspecified atom stereocenters. The van der Waals surface area contributed by atoms with Crippen LogP contribution in [0.2, 0.25) is 0 Å². The normalized spacial score (nSPS) is 14.8. The second-order valence-corrected chi connectivity index (χ2v) is 4.82. The Kier molecular flexibility index (Phi) is 4.78. The van der Waals surface area contributed by atoms with Crippen LogP contribution in [0.5, 0.6) is 0 Å². The molecular weight excluding hydrogens is 220 g/mol. The van der Waals surface area contributed by atoms with Crippen molar-refractivity contribution in [3.63, 3.8) is 0 Å². The van der Waals surface area contributed by atoms with Crippen molar-refractivity contribution < 1.29 is 14.7 Å². The highest BCUT2D eigenvalue weighted by molar-refractivity contribution is 5.81. The monoisotopic (exact) mass is 242 g/mol. The van der Waals surface area contributed by atoms with Gasteiger partial charge in [0.05, 0.1) is 0 Å². The van der Waals surface area contributed by atoms with Gasteiger partial charge in [0.2, 0.25) is 0 Å². The van der Waals surface area contributed by atoms with Gasteiger partial charge in [-0.3, -0.25) is 4.79 Å². The molecule has 0 aromatic carbocycles. The Morgan fingerprint density at radius 2 is 1.94 bits per heavy atom. The molecule has 2 amide bonds. The third-order valence-electron chi connectivity index (χ3n) is 2.87. The Morgan fingerprint density at radius 1 is 1.35 bits per heavy atom. The first-order valence-corrected chi connectivity index (χ1v) is 6.26. The molecule has 0 aliphatic heterocycles. The molecule has 0 spiro atoms. The van der Waals surface area contributed by atoms with Gasteiger partial charge in [0, 0.05) is 18.6 Å². The number of carbonyl (C=O) groups excluding carboxylic acids is 1. The summed E-state index contributed by atoms with van der Waals surface area (Å²) in [5.74, 6) is -0.939. The average Bonchev–Trinajstić information content (AvgIpc) is 3.04. The highest BCUT2D eigenvalue weighted by atomic mass is 16.4. The molecule has 1 fully saturated rings. The zero-order chi connectivity index (χ0) is 13.0. The Labute approximate surface area is 102 Å². The standard InChI is InChI=1S/C12H22N2O3/c1-4-7-13(9(2)3)12(17)14(8-11(15)16)10-5-6-10/h9-10H,4-8H2,1-3H3,(H,15,16). The van der Waals surface area contributed by atoms with Crippen LogP contribution in [-0.4, -0.2) is 52.1 Å². The Bertz CT molecular complexity index is 287. The molecule has 0 radical (unpaired) electrons. The van der Waals surface area contributed by atoms with Crippen LogP contribution in [0.3, 0.4) is 0 Å². The summed E-state index contributed by atoms with van der Waals surface area (Å²) in [6.07, 6.45) is 2.74. The van der Waals surface area contributed by atoms with Gasteiger partial charge >= 0.3 is 12.0 Å². The van der Waals surface area contributed by atoms with Gasteiger partial charge in [-0.1, -0.05) is 6.92 Å². The van der Waals surface area contributed by atoms with E-state index in [1.54, 1.807) is 4.90 Å². The van der Waals surface area contributed by atoms with Crippen molar-refractivity contribution in [1.29, 1.82) is 0 Å². The number of hydrogen-bond acceptors (Lipinski definition) is 2. The van der Waals surface area contributed by atoms with E-state index in [0.717, 1.165) is 19.3 Å². The number of hydrogen-bond donors (Lipinski definition) is 1. The molecule has 17 heavy (non-hydrogen) atoms. The summed E-state index contributed by atoms with van der Waals surface area (Å²) in [4.78, 5) is 26.3. The van der Waals surface area contributed by atoms with Crippen molar-refractivity contribution in [2.24, 2.45) is 0 Å². The van der Waals surface area contributed by atoms with Crippen molar-refractivity contribution >= 4 is 12.0 Å². The van der Waals surface area contributed by atoms with Crippen molar-refractivity contribution in [3.8, 4) is 0 Å². The van der Waals surface area contributed by atoms with Gasteiger partial charge in [-0.05, 0) is 33.1 Å². The summed E-state index contributed by atoms with van der Waals surface area (Å²) < 4.78 is 0. The lowest BCUT2D eigenvalue weighted by Crippen LogP contribution is -2.49. The summed E-state index contributed by atoms with van der Waals surface area (Å²) in [6.45, 7) is 6.43. The second kappa shape index (κ2) is 5.89. The maximum atomic E-state index is 12.3. The maximum Gasteiger partial charge on any atom is 0.323 e. The van der Waals surface area contributed by atoms with E-state index in [-0.39, 0.29) is 24.7 Å². The van der Waals surface area contributed by atoms with Gasteiger partial charge in [0.1, 0.15) is 6.54 Å². The van der Waals surface area contributed by atoms with Crippen LogP contribution in [0.1, 0.15) is 40.0 Å². The van der Waals surface area contributed by atoms with Crippen LogP contribution in [0.15, 0.2) is 0 Å². The van der Waals surface area contributed by atoms with Crippen LogP contribution >= 0.6 is 0 Å². The van der Waals surface area contributed by atoms with Gasteiger partial charge in [-0.25, -0.2) is 4.79 Å². The van der Waals surface area contributed by atoms with Gasteiger partial charge in [-0.2, -0.15) is 0 Å². The molecule has 0 heterocycles. The molecule has 98 valence electrons. The summed E-state index contributed by atoms with van der Waals surface area (Å²) in [7, 11) is 0. The van der Waals surface area contributed by atoms with Crippen LogP contribution in [0.25, 0.3) is 0 Å². The number of urea groups is 1. The first-order chi connectivity index (χ1) is 7.97. The lowest BCUT2D eigenvalue weighted by atomic mass is 10.3. The Morgan fingerprint density at radius 3 is 2.29 bits per heavy atom. The van der Waals surface area contributed by atoms with Crippen molar-refractivity contribution in [3.05, 3.63) is 0 Å². The lowest BCUT2D eigenvalue weighted by Gasteiger charge is -2.32. The number of rotatable bonds is 6. The molecule has 1 N–H and O–H groups in total. The summed E-state index contributed by atoms with van der Waals surface area (Å²) in [5.41, 5.74) is 0. The van der Waals surface area contributed by atoms with Gasteiger partial charge < -0.3 is 14.9 Å². The van der Waals surface area contributed by atoms with Crippen LogP contribution < -0.4 is 0 Å². The van der Waals surface area contributed by atoms with Gasteiger partial charge in [0.15, 0.2) is 0 Å². The third-order valence-corrected chi connectivity index (χ3v) is 2.87. The first kappa shape index (κ1) is 13.8. The molecule has 1 aliphatic carbocycles. The largest absolute Gasteiger partial charge is 0.480 e. The number of nitrogens with zero attached hydrogens (tertiary/aromatic N) is 2. The van der Waals surface area contributed by atoms with Crippen LogP contribution in [0, 0.1) is 0 Å². The van der Waals surface area contributed by atoms with Crippen molar-refractivity contribution in [2.75, 3.05) is 13.1 Å². The zero-order valence-electron chi connectivity index (χ0n) is 10.8. The number of amides is 2. The molecule has 1 saturated carbocycles. The number of carboxylic acids is 1.